The highest BCUT2D eigenvalue weighted by molar-refractivity contribution is 6.05. The van der Waals surface area contributed by atoms with Crippen molar-refractivity contribution in [2.24, 2.45) is 0 Å². The molecule has 3 aromatic rings. The summed E-state index contributed by atoms with van der Waals surface area (Å²) in [6.45, 7) is 2.94. The fourth-order valence-electron chi connectivity index (χ4n) is 4.10. The van der Waals surface area contributed by atoms with Crippen molar-refractivity contribution in [2.45, 2.75) is 25.2 Å². The van der Waals surface area contributed by atoms with Crippen molar-refractivity contribution < 1.29 is 14.3 Å². The lowest BCUT2D eigenvalue weighted by atomic mass is 9.72. The zero-order valence-electron chi connectivity index (χ0n) is 16.1. The minimum absolute atomic E-state index is 0.108. The summed E-state index contributed by atoms with van der Waals surface area (Å²) in [5.74, 6) is -0.352. The van der Waals surface area contributed by atoms with Gasteiger partial charge in [0.1, 0.15) is 0 Å². The second-order valence-electron chi connectivity index (χ2n) is 7.35. The number of carbonyl (C=O) groups excluding carboxylic acids is 2. The number of aromatic amines is 1. The molecular formula is C22H23N3O3. The van der Waals surface area contributed by atoms with Gasteiger partial charge < -0.3 is 9.64 Å². The number of likely N-dealkylation sites (tertiary alicyclic amines) is 1. The summed E-state index contributed by atoms with van der Waals surface area (Å²) in [4.78, 5) is 27.5. The summed E-state index contributed by atoms with van der Waals surface area (Å²) in [5.41, 5.74) is 2.59. The number of esters is 1. The maximum Gasteiger partial charge on any atom is 0.316 e. The van der Waals surface area contributed by atoms with Crippen LogP contribution in [0.25, 0.3) is 10.9 Å². The van der Waals surface area contributed by atoms with E-state index in [1.54, 1.807) is 4.90 Å². The highest BCUT2D eigenvalue weighted by Crippen LogP contribution is 2.37. The summed E-state index contributed by atoms with van der Waals surface area (Å²) >= 11 is 0. The average Bonchev–Trinajstić information content (AvgIpc) is 3.16. The molecule has 0 spiro atoms. The minimum atomic E-state index is -0.711. The van der Waals surface area contributed by atoms with E-state index in [2.05, 4.69) is 10.2 Å². The van der Waals surface area contributed by atoms with Crippen LogP contribution in [0.4, 0.5) is 0 Å². The Morgan fingerprint density at radius 1 is 1.11 bits per heavy atom. The number of carbonyl (C=O) groups is 2. The molecule has 1 fully saturated rings. The van der Waals surface area contributed by atoms with Gasteiger partial charge in [0.2, 0.25) is 0 Å². The summed E-state index contributed by atoms with van der Waals surface area (Å²) < 4.78 is 5.13. The third-order valence-electron chi connectivity index (χ3n) is 5.73. The van der Waals surface area contributed by atoms with Gasteiger partial charge in [-0.2, -0.15) is 5.10 Å². The SMILES string of the molecule is COC(=O)C1(c2ccccc2)CCN(C(=O)c2n[nH]c3ccc(C)cc23)CC1. The number of aromatic nitrogens is 2. The summed E-state index contributed by atoms with van der Waals surface area (Å²) in [6.07, 6.45) is 1.05. The normalized spacial score (nSPS) is 16.1. The quantitative estimate of drug-likeness (QED) is 0.711. The van der Waals surface area contributed by atoms with Gasteiger partial charge in [0.15, 0.2) is 5.69 Å². The predicted octanol–water partition coefficient (Wildman–Crippen LogP) is 3.22. The molecule has 0 radical (unpaired) electrons. The third kappa shape index (κ3) is 2.95. The molecule has 1 aromatic heterocycles. The Balaban J connectivity index is 1.59. The van der Waals surface area contributed by atoms with Gasteiger partial charge >= 0.3 is 5.97 Å². The monoisotopic (exact) mass is 377 g/mol. The van der Waals surface area contributed by atoms with Crippen LogP contribution in [0.2, 0.25) is 0 Å². The van der Waals surface area contributed by atoms with Crippen molar-refractivity contribution in [3.63, 3.8) is 0 Å². The zero-order valence-corrected chi connectivity index (χ0v) is 16.1. The van der Waals surface area contributed by atoms with Crippen molar-refractivity contribution in [3.8, 4) is 0 Å². The predicted molar refractivity (Wildman–Crippen MR) is 106 cm³/mol. The molecule has 2 aromatic carbocycles. The van der Waals surface area contributed by atoms with E-state index in [9.17, 15) is 9.59 Å². The smallest absolute Gasteiger partial charge is 0.316 e. The van der Waals surface area contributed by atoms with E-state index in [4.69, 9.17) is 4.74 Å². The first-order chi connectivity index (χ1) is 13.5. The minimum Gasteiger partial charge on any atom is -0.468 e. The molecule has 2 heterocycles. The number of amides is 1. The highest BCUT2D eigenvalue weighted by atomic mass is 16.5. The number of piperidine rings is 1. The van der Waals surface area contributed by atoms with Crippen LogP contribution in [0.1, 0.15) is 34.5 Å². The molecule has 1 aliphatic rings. The van der Waals surface area contributed by atoms with E-state index in [0.717, 1.165) is 22.0 Å². The Kier molecular flexibility index (Phi) is 4.63. The largest absolute Gasteiger partial charge is 0.468 e. The van der Waals surface area contributed by atoms with Crippen LogP contribution in [0.15, 0.2) is 48.5 Å². The average molecular weight is 377 g/mol. The fraction of sp³-hybridized carbons (Fsp3) is 0.318. The summed E-state index contributed by atoms with van der Waals surface area (Å²) in [5, 5.41) is 8.01. The van der Waals surface area contributed by atoms with Crippen molar-refractivity contribution in [1.82, 2.24) is 15.1 Å². The van der Waals surface area contributed by atoms with Crippen molar-refractivity contribution in [1.29, 1.82) is 0 Å². The van der Waals surface area contributed by atoms with Gasteiger partial charge in [-0.3, -0.25) is 14.7 Å². The lowest BCUT2D eigenvalue weighted by molar-refractivity contribution is -0.149. The molecule has 0 aliphatic carbocycles. The lowest BCUT2D eigenvalue weighted by Gasteiger charge is -2.39. The maximum absolute atomic E-state index is 13.1. The molecular weight excluding hydrogens is 354 g/mol. The molecule has 0 bridgehead atoms. The molecule has 6 nitrogen and oxygen atoms in total. The van der Waals surface area contributed by atoms with E-state index in [1.807, 2.05) is 55.5 Å². The second-order valence-corrected chi connectivity index (χ2v) is 7.35. The molecule has 1 amide bonds. The van der Waals surface area contributed by atoms with E-state index in [-0.39, 0.29) is 11.9 Å². The van der Waals surface area contributed by atoms with Gasteiger partial charge in [-0.15, -0.1) is 0 Å². The molecule has 28 heavy (non-hydrogen) atoms. The van der Waals surface area contributed by atoms with Crippen LogP contribution in [0.5, 0.6) is 0 Å². The van der Waals surface area contributed by atoms with E-state index >= 15 is 0 Å². The van der Waals surface area contributed by atoms with Crippen molar-refractivity contribution in [3.05, 3.63) is 65.4 Å². The van der Waals surface area contributed by atoms with E-state index < -0.39 is 5.41 Å². The van der Waals surface area contributed by atoms with Crippen LogP contribution in [-0.4, -0.2) is 47.2 Å². The van der Waals surface area contributed by atoms with Gasteiger partial charge in [-0.1, -0.05) is 42.0 Å². The number of hydrogen-bond donors (Lipinski definition) is 1. The van der Waals surface area contributed by atoms with Gasteiger partial charge in [0, 0.05) is 18.5 Å². The number of rotatable bonds is 3. The van der Waals surface area contributed by atoms with E-state index in [1.165, 1.54) is 7.11 Å². The van der Waals surface area contributed by atoms with Crippen LogP contribution < -0.4 is 0 Å². The number of nitrogens with one attached hydrogen (secondary N) is 1. The molecule has 6 heteroatoms. The molecule has 144 valence electrons. The summed E-state index contributed by atoms with van der Waals surface area (Å²) in [6, 6.07) is 15.6. The number of hydrogen-bond acceptors (Lipinski definition) is 4. The van der Waals surface area contributed by atoms with Crippen molar-refractivity contribution in [2.75, 3.05) is 20.2 Å². The number of nitrogens with zero attached hydrogens (tertiary/aromatic N) is 2. The molecule has 4 rings (SSSR count). The molecule has 0 saturated carbocycles. The Labute approximate surface area is 163 Å². The zero-order chi connectivity index (χ0) is 19.7. The maximum atomic E-state index is 13.1. The first kappa shape index (κ1) is 18.2. The van der Waals surface area contributed by atoms with Gasteiger partial charge in [0.05, 0.1) is 18.0 Å². The van der Waals surface area contributed by atoms with E-state index in [0.29, 0.717) is 31.6 Å². The Bertz CT molecular complexity index is 1020. The molecule has 0 unspecified atom stereocenters. The third-order valence-corrected chi connectivity index (χ3v) is 5.73. The summed E-state index contributed by atoms with van der Waals surface area (Å²) in [7, 11) is 1.42. The second kappa shape index (κ2) is 7.11. The lowest BCUT2D eigenvalue weighted by Crippen LogP contribution is -2.49. The van der Waals surface area contributed by atoms with Crippen LogP contribution in [0.3, 0.4) is 0 Å². The van der Waals surface area contributed by atoms with Gasteiger partial charge in [-0.25, -0.2) is 0 Å². The number of aryl methyl sites for hydroxylation is 1. The topological polar surface area (TPSA) is 75.3 Å². The Hall–Kier alpha value is -3.15. The molecule has 1 N–H and O–H groups in total. The number of fused-ring (bicyclic) bond motifs is 1. The van der Waals surface area contributed by atoms with Crippen molar-refractivity contribution >= 4 is 22.8 Å². The molecule has 1 saturated heterocycles. The molecule has 0 atom stereocenters. The fourth-order valence-corrected chi connectivity index (χ4v) is 4.10. The first-order valence-corrected chi connectivity index (χ1v) is 9.43. The molecule has 1 aliphatic heterocycles. The first-order valence-electron chi connectivity index (χ1n) is 9.43. The number of benzene rings is 2. The number of methoxy groups -OCH3 is 1. The standard InChI is InChI=1S/C22H23N3O3/c1-15-8-9-18-17(14-15)19(24-23-18)20(26)25-12-10-22(11-13-25,21(27)28-2)16-6-4-3-5-7-16/h3-9,14H,10-13H2,1-2H3,(H,23,24). The van der Waals surface area contributed by atoms with Gasteiger partial charge in [-0.05, 0) is 37.5 Å². The Morgan fingerprint density at radius 2 is 1.82 bits per heavy atom. The van der Waals surface area contributed by atoms with Crippen LogP contribution in [-0.2, 0) is 14.9 Å². The number of H-pyrrole nitrogens is 1. The Morgan fingerprint density at radius 3 is 2.50 bits per heavy atom. The number of ether oxygens (including phenoxy) is 1. The van der Waals surface area contributed by atoms with Crippen LogP contribution >= 0.6 is 0 Å². The van der Waals surface area contributed by atoms with Gasteiger partial charge in [0.25, 0.3) is 5.91 Å². The highest BCUT2D eigenvalue weighted by Gasteiger charge is 2.45. The van der Waals surface area contributed by atoms with Crippen LogP contribution in [0, 0.1) is 6.92 Å².